The Hall–Kier alpha value is -3.52. The van der Waals surface area contributed by atoms with Gasteiger partial charge in [0.1, 0.15) is 18.0 Å². The van der Waals surface area contributed by atoms with E-state index in [4.69, 9.17) is 14.2 Å². The van der Waals surface area contributed by atoms with Crippen molar-refractivity contribution in [3.05, 3.63) is 53.6 Å². The van der Waals surface area contributed by atoms with Gasteiger partial charge in [0.25, 0.3) is 0 Å². The van der Waals surface area contributed by atoms with E-state index in [1.54, 1.807) is 0 Å². The number of hydrogen-bond donors (Lipinski definition) is 1. The number of amides is 1. The first-order valence-electron chi connectivity index (χ1n) is 16.5. The number of nitrogens with zero attached hydrogens (tertiary/aromatic N) is 2. The van der Waals surface area contributed by atoms with Gasteiger partial charge in [-0.15, -0.1) is 0 Å². The Morgan fingerprint density at radius 3 is 2.44 bits per heavy atom. The molecule has 1 aromatic heterocycles. The van der Waals surface area contributed by atoms with E-state index in [1.807, 2.05) is 56.0 Å². The van der Waals surface area contributed by atoms with Crippen LogP contribution >= 0.6 is 0 Å². The van der Waals surface area contributed by atoms with Crippen LogP contribution in [0.1, 0.15) is 101 Å². The van der Waals surface area contributed by atoms with E-state index in [2.05, 4.69) is 30.5 Å². The molecule has 2 aliphatic rings. The highest BCUT2D eigenvalue weighted by Gasteiger charge is 2.35. The maximum Gasteiger partial charge on any atom is 0.410 e. The maximum atomic E-state index is 13.9. The summed E-state index contributed by atoms with van der Waals surface area (Å²) in [6, 6.07) is 13.7. The molecule has 0 unspecified atom stereocenters. The minimum atomic E-state index is -0.667. The van der Waals surface area contributed by atoms with Crippen molar-refractivity contribution in [3.8, 4) is 17.0 Å². The highest BCUT2D eigenvalue weighted by molar-refractivity contribution is 5.99. The summed E-state index contributed by atoms with van der Waals surface area (Å²) in [7, 11) is 1.41. The molecule has 1 aliphatic heterocycles. The molecule has 8 nitrogen and oxygen atoms in total. The first-order valence-corrected chi connectivity index (χ1v) is 16.5. The number of para-hydroxylation sites is 1. The first kappa shape index (κ1) is 32.9. The highest BCUT2D eigenvalue weighted by Crippen LogP contribution is 2.47. The molecule has 1 fully saturated rings. The lowest BCUT2D eigenvalue weighted by atomic mass is 9.81. The number of aliphatic hydroxyl groups is 1. The molecule has 0 radical (unpaired) electrons. The molecule has 3 aromatic rings. The Balaban J connectivity index is 1.69. The third kappa shape index (κ3) is 7.32. The molecule has 2 aromatic carbocycles. The molecule has 244 valence electrons. The summed E-state index contributed by atoms with van der Waals surface area (Å²) in [4.78, 5) is 28.5. The van der Waals surface area contributed by atoms with E-state index in [-0.39, 0.29) is 36.7 Å². The highest BCUT2D eigenvalue weighted by atomic mass is 16.6. The summed E-state index contributed by atoms with van der Waals surface area (Å²) in [5.41, 5.74) is 4.05. The molecule has 1 aliphatic carbocycles. The largest absolute Gasteiger partial charge is 0.491 e. The summed E-state index contributed by atoms with van der Waals surface area (Å²) >= 11 is 0. The smallest absolute Gasteiger partial charge is 0.410 e. The molecule has 45 heavy (non-hydrogen) atoms. The number of rotatable bonds is 8. The topological polar surface area (TPSA) is 90.2 Å². The van der Waals surface area contributed by atoms with Gasteiger partial charge in [-0.25, -0.2) is 9.59 Å². The number of esters is 1. The van der Waals surface area contributed by atoms with Crippen molar-refractivity contribution in [1.29, 1.82) is 0 Å². The van der Waals surface area contributed by atoms with Gasteiger partial charge in [-0.1, -0.05) is 51.3 Å². The van der Waals surface area contributed by atoms with Crippen molar-refractivity contribution in [2.24, 2.45) is 5.41 Å². The molecule has 0 bridgehead atoms. The second-order valence-corrected chi connectivity index (χ2v) is 14.5. The quantitative estimate of drug-likeness (QED) is 0.258. The Morgan fingerprint density at radius 1 is 1.02 bits per heavy atom. The maximum absolute atomic E-state index is 13.9. The summed E-state index contributed by atoms with van der Waals surface area (Å²) in [6.45, 7) is 11.2. The number of fused-ring (bicyclic) bond motifs is 5. The van der Waals surface area contributed by atoms with Gasteiger partial charge < -0.3 is 23.9 Å². The number of carbonyl (C=O) groups excluding carboxylic acids is 2. The number of aliphatic hydroxyl groups excluding tert-OH is 1. The summed E-state index contributed by atoms with van der Waals surface area (Å²) in [6.07, 6.45) is 6.79. The first-order chi connectivity index (χ1) is 21.4. The molecule has 5 rings (SSSR count). The molecule has 1 N–H and O–H groups in total. The average Bonchev–Trinajstić information content (AvgIpc) is 3.30. The molecule has 1 amide bonds. The predicted octanol–water partition coefficient (Wildman–Crippen LogP) is 7.94. The van der Waals surface area contributed by atoms with E-state index >= 15 is 0 Å². The standard InChI is InChI=1S/C37H50N2O6/c1-36(2,3)45-35(42)38(20-18-37(4,5)19-21-40)27-23-39-30-22-26(34(41)43-6)16-17-28(30)32(25-12-8-7-9-13-25)33(39)29-14-10-11-15-31(29)44-24-27/h10-11,14-17,22,25,27,40H,7-9,12-13,18-21,23-24H2,1-6H3/t27-/m1/s1. The second kappa shape index (κ2) is 13.5. The lowest BCUT2D eigenvalue weighted by Gasteiger charge is -2.37. The fourth-order valence-corrected chi connectivity index (χ4v) is 6.93. The van der Waals surface area contributed by atoms with Gasteiger partial charge >= 0.3 is 12.1 Å². The number of aromatic nitrogens is 1. The van der Waals surface area contributed by atoms with Crippen molar-refractivity contribution in [3.63, 3.8) is 0 Å². The van der Waals surface area contributed by atoms with Crippen LogP contribution in [0.3, 0.4) is 0 Å². The number of hydrogen-bond acceptors (Lipinski definition) is 6. The van der Waals surface area contributed by atoms with Crippen LogP contribution in [0.4, 0.5) is 4.79 Å². The molecule has 1 saturated carbocycles. The van der Waals surface area contributed by atoms with E-state index in [9.17, 15) is 14.7 Å². The van der Waals surface area contributed by atoms with Gasteiger partial charge in [-0.05, 0) is 87.6 Å². The minimum Gasteiger partial charge on any atom is -0.491 e. The van der Waals surface area contributed by atoms with Crippen LogP contribution in [0.15, 0.2) is 42.5 Å². The average molecular weight is 619 g/mol. The monoisotopic (exact) mass is 618 g/mol. The van der Waals surface area contributed by atoms with Crippen LogP contribution in [0.5, 0.6) is 5.75 Å². The predicted molar refractivity (Wildman–Crippen MR) is 177 cm³/mol. The van der Waals surface area contributed by atoms with Crippen LogP contribution in [-0.2, 0) is 16.0 Å². The number of benzene rings is 2. The Kier molecular flexibility index (Phi) is 9.83. The molecule has 0 saturated heterocycles. The van der Waals surface area contributed by atoms with Gasteiger partial charge in [0.05, 0.1) is 24.4 Å². The van der Waals surface area contributed by atoms with E-state index in [0.29, 0.717) is 37.4 Å². The number of carbonyl (C=O) groups is 2. The van der Waals surface area contributed by atoms with Crippen molar-refractivity contribution in [2.75, 3.05) is 26.9 Å². The van der Waals surface area contributed by atoms with Crippen LogP contribution in [-0.4, -0.2) is 65.1 Å². The normalized spacial score (nSPS) is 17.4. The summed E-state index contributed by atoms with van der Waals surface area (Å²) in [5.74, 6) is 0.786. The lowest BCUT2D eigenvalue weighted by molar-refractivity contribution is 0.00534. The zero-order valence-electron chi connectivity index (χ0n) is 27.9. The Labute approximate surface area is 267 Å². The van der Waals surface area contributed by atoms with Gasteiger partial charge in [-0.2, -0.15) is 0 Å². The third-order valence-corrected chi connectivity index (χ3v) is 9.39. The van der Waals surface area contributed by atoms with Gasteiger partial charge in [0.15, 0.2) is 0 Å². The summed E-state index contributed by atoms with van der Waals surface area (Å²) < 4.78 is 20.0. The van der Waals surface area contributed by atoms with E-state index in [1.165, 1.54) is 31.9 Å². The summed E-state index contributed by atoms with van der Waals surface area (Å²) in [5, 5.41) is 10.8. The Bertz CT molecular complexity index is 1510. The third-order valence-electron chi connectivity index (χ3n) is 9.39. The fourth-order valence-electron chi connectivity index (χ4n) is 6.93. The number of methoxy groups -OCH3 is 1. The van der Waals surface area contributed by atoms with Crippen LogP contribution in [0, 0.1) is 5.41 Å². The van der Waals surface area contributed by atoms with Crippen molar-refractivity contribution >= 4 is 23.0 Å². The molecule has 0 spiro atoms. The minimum absolute atomic E-state index is 0.0912. The molecule has 8 heteroatoms. The molecular formula is C37H50N2O6. The molecule has 1 atom stereocenters. The van der Waals surface area contributed by atoms with Crippen molar-refractivity contribution < 1.29 is 28.9 Å². The molecular weight excluding hydrogens is 568 g/mol. The fraction of sp³-hybridized carbons (Fsp3) is 0.568. The number of ether oxygens (including phenoxy) is 3. The SMILES string of the molecule is COC(=O)c1ccc2c(C3CCCCC3)c3n(c2c1)C[C@@H](N(CCC(C)(C)CCO)C(=O)OC(C)(C)C)COc1ccccc1-3. The van der Waals surface area contributed by atoms with E-state index in [0.717, 1.165) is 40.8 Å². The van der Waals surface area contributed by atoms with Crippen LogP contribution in [0.25, 0.3) is 22.2 Å². The van der Waals surface area contributed by atoms with Gasteiger partial charge in [0, 0.05) is 36.2 Å². The lowest BCUT2D eigenvalue weighted by Crippen LogP contribution is -2.49. The zero-order valence-corrected chi connectivity index (χ0v) is 27.9. The Morgan fingerprint density at radius 2 is 1.76 bits per heavy atom. The van der Waals surface area contributed by atoms with Crippen molar-refractivity contribution in [2.45, 2.75) is 104 Å². The van der Waals surface area contributed by atoms with Gasteiger partial charge in [-0.3, -0.25) is 4.90 Å². The zero-order chi connectivity index (χ0) is 32.4. The van der Waals surface area contributed by atoms with Crippen LogP contribution < -0.4 is 4.74 Å². The van der Waals surface area contributed by atoms with E-state index < -0.39 is 5.60 Å². The van der Waals surface area contributed by atoms with Gasteiger partial charge in [0.2, 0.25) is 0 Å². The van der Waals surface area contributed by atoms with Crippen molar-refractivity contribution in [1.82, 2.24) is 9.47 Å². The second-order valence-electron chi connectivity index (χ2n) is 14.5. The van der Waals surface area contributed by atoms with Crippen LogP contribution in [0.2, 0.25) is 0 Å². The molecule has 2 heterocycles.